The van der Waals surface area contributed by atoms with Crippen molar-refractivity contribution in [1.82, 2.24) is 5.32 Å². The van der Waals surface area contributed by atoms with Crippen LogP contribution in [0.3, 0.4) is 0 Å². The van der Waals surface area contributed by atoms with Gasteiger partial charge >= 0.3 is 0 Å². The van der Waals surface area contributed by atoms with Gasteiger partial charge in [-0.15, -0.1) is 0 Å². The average Bonchev–Trinajstić information content (AvgIpc) is 3.14. The number of hydrogen-bond acceptors (Lipinski definition) is 4. The van der Waals surface area contributed by atoms with E-state index in [1.807, 2.05) is 16.8 Å². The Bertz CT molecular complexity index is 683. The molecule has 1 fully saturated rings. The molecule has 1 aromatic heterocycles. The van der Waals surface area contributed by atoms with Crippen LogP contribution in [0.25, 0.3) is 0 Å². The summed E-state index contributed by atoms with van der Waals surface area (Å²) in [6, 6.07) is 8.02. The second-order valence-corrected chi connectivity index (χ2v) is 6.77. The molecule has 1 aliphatic heterocycles. The monoisotopic (exact) mass is 349 g/mol. The topological polar surface area (TPSA) is 58.6 Å². The highest BCUT2D eigenvalue weighted by atomic mass is 32.1. The van der Waals surface area contributed by atoms with Gasteiger partial charge in [-0.25, -0.2) is 4.39 Å². The Labute approximate surface area is 144 Å². The number of aliphatic hydroxyl groups is 1. The number of amides is 1. The second-order valence-electron chi connectivity index (χ2n) is 5.99. The van der Waals surface area contributed by atoms with Gasteiger partial charge < -0.3 is 15.2 Å². The van der Waals surface area contributed by atoms with Gasteiger partial charge in [0.05, 0.1) is 11.5 Å². The molecule has 0 radical (unpaired) electrons. The molecule has 0 unspecified atom stereocenters. The predicted octanol–water partition coefficient (Wildman–Crippen LogP) is 2.79. The van der Waals surface area contributed by atoms with Crippen molar-refractivity contribution >= 4 is 17.2 Å². The molecule has 0 bridgehead atoms. The van der Waals surface area contributed by atoms with Crippen LogP contribution in [0.2, 0.25) is 0 Å². The second kappa shape index (κ2) is 7.42. The van der Waals surface area contributed by atoms with E-state index in [2.05, 4.69) is 5.32 Å². The van der Waals surface area contributed by atoms with Crippen LogP contribution in [0.1, 0.15) is 30.1 Å². The van der Waals surface area contributed by atoms with Crippen LogP contribution < -0.4 is 5.32 Å². The number of carbonyl (C=O) groups excluding carboxylic acids is 1. The lowest BCUT2D eigenvalue weighted by molar-refractivity contribution is -0.131. The van der Waals surface area contributed by atoms with Gasteiger partial charge in [-0.3, -0.25) is 4.79 Å². The molecule has 2 N–H and O–H groups in total. The SMILES string of the molecule is O=C(NC[C@H](O)c1ccsc1)C1(c2cccc(F)c2)CCOCC1. The number of halogens is 1. The number of nitrogens with one attached hydrogen (secondary N) is 1. The average molecular weight is 349 g/mol. The maximum atomic E-state index is 13.7. The molecule has 1 amide bonds. The number of ether oxygens (including phenoxy) is 1. The van der Waals surface area contributed by atoms with Crippen LogP contribution in [0.15, 0.2) is 41.1 Å². The molecule has 2 heterocycles. The molecule has 0 aliphatic carbocycles. The van der Waals surface area contributed by atoms with E-state index in [0.29, 0.717) is 31.6 Å². The van der Waals surface area contributed by atoms with Crippen molar-refractivity contribution in [3.63, 3.8) is 0 Å². The first-order chi connectivity index (χ1) is 11.6. The summed E-state index contributed by atoms with van der Waals surface area (Å²) in [4.78, 5) is 12.9. The molecule has 1 atom stereocenters. The van der Waals surface area contributed by atoms with Gasteiger partial charge in [-0.2, -0.15) is 11.3 Å². The van der Waals surface area contributed by atoms with Gasteiger partial charge in [0.25, 0.3) is 0 Å². The smallest absolute Gasteiger partial charge is 0.230 e. The van der Waals surface area contributed by atoms with Crippen molar-refractivity contribution in [3.8, 4) is 0 Å². The third-order valence-corrected chi connectivity index (χ3v) is 5.24. The fourth-order valence-corrected chi connectivity index (χ4v) is 3.80. The fourth-order valence-electron chi connectivity index (χ4n) is 3.09. The molecule has 3 rings (SSSR count). The Morgan fingerprint density at radius 1 is 1.38 bits per heavy atom. The first-order valence-electron chi connectivity index (χ1n) is 7.94. The largest absolute Gasteiger partial charge is 0.387 e. The number of rotatable bonds is 5. The van der Waals surface area contributed by atoms with Crippen LogP contribution in [0.4, 0.5) is 4.39 Å². The summed E-state index contributed by atoms with van der Waals surface area (Å²) in [5, 5.41) is 16.7. The third-order valence-electron chi connectivity index (χ3n) is 4.54. The van der Waals surface area contributed by atoms with Crippen molar-refractivity contribution in [2.45, 2.75) is 24.4 Å². The predicted molar refractivity (Wildman–Crippen MR) is 90.4 cm³/mol. The normalized spacial score (nSPS) is 18.1. The third kappa shape index (κ3) is 3.50. The summed E-state index contributed by atoms with van der Waals surface area (Å²) < 4.78 is 19.0. The van der Waals surface area contributed by atoms with Gasteiger partial charge in [0.1, 0.15) is 5.82 Å². The van der Waals surface area contributed by atoms with Crippen molar-refractivity contribution < 1.29 is 19.0 Å². The molecule has 2 aromatic rings. The lowest BCUT2D eigenvalue weighted by Crippen LogP contribution is -2.49. The Balaban J connectivity index is 1.77. The van der Waals surface area contributed by atoms with Crippen LogP contribution >= 0.6 is 11.3 Å². The highest BCUT2D eigenvalue weighted by molar-refractivity contribution is 7.07. The minimum atomic E-state index is -0.811. The van der Waals surface area contributed by atoms with Crippen molar-refractivity contribution in [2.24, 2.45) is 0 Å². The number of carbonyl (C=O) groups is 1. The molecule has 1 aromatic carbocycles. The van der Waals surface area contributed by atoms with Crippen LogP contribution in [0, 0.1) is 5.82 Å². The van der Waals surface area contributed by atoms with Gasteiger partial charge in [-0.1, -0.05) is 12.1 Å². The van der Waals surface area contributed by atoms with Gasteiger partial charge in [0.2, 0.25) is 5.91 Å². The summed E-state index contributed by atoms with van der Waals surface area (Å²) in [6.07, 6.45) is 0.248. The zero-order valence-corrected chi connectivity index (χ0v) is 14.0. The van der Waals surface area contributed by atoms with Crippen molar-refractivity contribution in [1.29, 1.82) is 0 Å². The maximum Gasteiger partial charge on any atom is 0.230 e. The Kier molecular flexibility index (Phi) is 5.28. The van der Waals surface area contributed by atoms with E-state index < -0.39 is 11.5 Å². The summed E-state index contributed by atoms with van der Waals surface area (Å²) in [5.74, 6) is -0.546. The quantitative estimate of drug-likeness (QED) is 0.873. The summed E-state index contributed by atoms with van der Waals surface area (Å²) in [5.41, 5.74) is 0.634. The highest BCUT2D eigenvalue weighted by Crippen LogP contribution is 2.35. The van der Waals surface area contributed by atoms with Crippen molar-refractivity contribution in [3.05, 3.63) is 58.0 Å². The standard InChI is InChI=1S/C18H20FNO3S/c19-15-3-1-2-14(10-15)18(5-7-23-8-6-18)17(22)20-11-16(21)13-4-9-24-12-13/h1-4,9-10,12,16,21H,5-8,11H2,(H,20,22)/t16-/m0/s1. The first kappa shape index (κ1) is 17.1. The van der Waals surface area contributed by atoms with Crippen LogP contribution in [-0.2, 0) is 14.9 Å². The van der Waals surface area contributed by atoms with Crippen molar-refractivity contribution in [2.75, 3.05) is 19.8 Å². The first-order valence-corrected chi connectivity index (χ1v) is 8.88. The Morgan fingerprint density at radius 2 is 2.17 bits per heavy atom. The molecular formula is C18H20FNO3S. The van der Waals surface area contributed by atoms with Gasteiger partial charge in [0, 0.05) is 19.8 Å². The molecule has 1 aliphatic rings. The molecule has 128 valence electrons. The van der Waals surface area contributed by atoms with Gasteiger partial charge in [0.15, 0.2) is 0 Å². The Hall–Kier alpha value is -1.76. The number of hydrogen-bond donors (Lipinski definition) is 2. The molecule has 0 saturated carbocycles. The molecule has 0 spiro atoms. The van der Waals surface area contributed by atoms with E-state index in [9.17, 15) is 14.3 Å². The molecule has 24 heavy (non-hydrogen) atoms. The van der Waals surface area contributed by atoms with E-state index >= 15 is 0 Å². The maximum absolute atomic E-state index is 13.7. The van der Waals surface area contributed by atoms with E-state index in [1.54, 1.807) is 12.1 Å². The van der Waals surface area contributed by atoms with Gasteiger partial charge in [-0.05, 0) is 52.9 Å². The molecular weight excluding hydrogens is 329 g/mol. The number of aliphatic hydroxyl groups excluding tert-OH is 1. The van der Waals surface area contributed by atoms with E-state index in [0.717, 1.165) is 5.56 Å². The fraction of sp³-hybridized carbons (Fsp3) is 0.389. The van der Waals surface area contributed by atoms with Crippen LogP contribution in [0.5, 0.6) is 0 Å². The van der Waals surface area contributed by atoms with Crippen LogP contribution in [-0.4, -0.2) is 30.8 Å². The van der Waals surface area contributed by atoms with E-state index in [1.165, 1.54) is 23.5 Å². The summed E-state index contributed by atoms with van der Waals surface area (Å²) >= 11 is 1.50. The Morgan fingerprint density at radius 3 is 2.83 bits per heavy atom. The molecule has 6 heteroatoms. The number of thiophene rings is 1. The summed E-state index contributed by atoms with van der Waals surface area (Å²) in [6.45, 7) is 1.04. The van der Waals surface area contributed by atoms with E-state index in [-0.39, 0.29) is 18.3 Å². The minimum absolute atomic E-state index is 0.132. The lowest BCUT2D eigenvalue weighted by Gasteiger charge is -2.36. The highest BCUT2D eigenvalue weighted by Gasteiger charge is 2.41. The molecule has 1 saturated heterocycles. The summed E-state index contributed by atoms with van der Waals surface area (Å²) in [7, 11) is 0. The van der Waals surface area contributed by atoms with E-state index in [4.69, 9.17) is 4.74 Å². The zero-order chi connectivity index (χ0) is 17.0. The lowest BCUT2D eigenvalue weighted by atomic mass is 9.73. The number of benzene rings is 1. The zero-order valence-electron chi connectivity index (χ0n) is 13.2. The molecule has 4 nitrogen and oxygen atoms in total. The minimum Gasteiger partial charge on any atom is -0.387 e.